The maximum absolute atomic E-state index is 10.7. The summed E-state index contributed by atoms with van der Waals surface area (Å²) in [4.78, 5) is 2.48. The molecule has 1 aliphatic heterocycles. The van der Waals surface area contributed by atoms with Gasteiger partial charge in [0.25, 0.3) is 0 Å². The Bertz CT molecular complexity index is 499. The molecule has 1 aliphatic rings. The molecule has 1 aromatic carbocycles. The van der Waals surface area contributed by atoms with Gasteiger partial charge in [0.05, 0.1) is 13.2 Å². The van der Waals surface area contributed by atoms with Crippen molar-refractivity contribution in [3.63, 3.8) is 0 Å². The van der Waals surface area contributed by atoms with Crippen LogP contribution >= 0.6 is 0 Å². The quantitative estimate of drug-likeness (QED) is 0.885. The molecule has 2 rings (SSSR count). The minimum Gasteiger partial charge on any atom is -0.496 e. The van der Waals surface area contributed by atoms with E-state index in [1.807, 2.05) is 6.07 Å². The second-order valence-corrected chi connectivity index (χ2v) is 8.04. The van der Waals surface area contributed by atoms with Crippen LogP contribution in [0.5, 0.6) is 5.75 Å². The van der Waals surface area contributed by atoms with Gasteiger partial charge < -0.3 is 14.7 Å². The van der Waals surface area contributed by atoms with E-state index in [2.05, 4.69) is 44.7 Å². The van der Waals surface area contributed by atoms with Crippen molar-refractivity contribution in [2.75, 3.05) is 26.7 Å². The molecule has 0 radical (unpaired) electrons. The number of hydrogen-bond donors (Lipinski definition) is 1. The van der Waals surface area contributed by atoms with Crippen LogP contribution in [0.3, 0.4) is 0 Å². The summed E-state index contributed by atoms with van der Waals surface area (Å²) in [7, 11) is 1.67. The number of piperidine rings is 1. The number of nitrogens with zero attached hydrogens (tertiary/aromatic N) is 1. The molecule has 1 fully saturated rings. The molecule has 1 saturated heterocycles. The molecule has 0 spiro atoms. The number of aliphatic hydroxyl groups is 1. The first kappa shape index (κ1) is 18.3. The molecular formula is C20H33NO2. The molecule has 0 aliphatic carbocycles. The van der Waals surface area contributed by atoms with Crippen molar-refractivity contribution in [2.45, 2.75) is 58.5 Å². The first-order chi connectivity index (χ1) is 10.8. The van der Waals surface area contributed by atoms with Gasteiger partial charge >= 0.3 is 0 Å². The van der Waals surface area contributed by atoms with E-state index in [4.69, 9.17) is 4.74 Å². The van der Waals surface area contributed by atoms with E-state index in [1.54, 1.807) is 7.11 Å². The van der Waals surface area contributed by atoms with Crippen LogP contribution in [-0.2, 0) is 5.41 Å². The predicted molar refractivity (Wildman–Crippen MR) is 96.1 cm³/mol. The number of methoxy groups -OCH3 is 1. The smallest absolute Gasteiger partial charge is 0.124 e. The summed E-state index contributed by atoms with van der Waals surface area (Å²) in [5.41, 5.74) is 2.23. The van der Waals surface area contributed by atoms with E-state index in [9.17, 15) is 5.11 Å². The van der Waals surface area contributed by atoms with Crippen LogP contribution in [0.2, 0.25) is 0 Å². The Hall–Kier alpha value is -1.06. The molecule has 3 heteroatoms. The number of benzene rings is 1. The van der Waals surface area contributed by atoms with Crippen LogP contribution in [0.15, 0.2) is 18.2 Å². The highest BCUT2D eigenvalue weighted by Gasteiger charge is 2.21. The number of rotatable bonds is 5. The van der Waals surface area contributed by atoms with E-state index in [-0.39, 0.29) is 5.41 Å². The maximum Gasteiger partial charge on any atom is 0.124 e. The number of aliphatic hydroxyl groups excluding tert-OH is 1. The van der Waals surface area contributed by atoms with E-state index in [0.717, 1.165) is 43.3 Å². The Morgan fingerprint density at radius 1 is 1.26 bits per heavy atom. The maximum atomic E-state index is 10.7. The number of ether oxygens (including phenoxy) is 1. The van der Waals surface area contributed by atoms with Crippen molar-refractivity contribution < 1.29 is 9.84 Å². The molecule has 1 unspecified atom stereocenters. The lowest BCUT2D eigenvalue weighted by Gasteiger charge is -2.31. The highest BCUT2D eigenvalue weighted by molar-refractivity contribution is 5.41. The summed E-state index contributed by atoms with van der Waals surface area (Å²) in [6.07, 6.45) is 2.85. The van der Waals surface area contributed by atoms with Gasteiger partial charge in [0.15, 0.2) is 0 Å². The van der Waals surface area contributed by atoms with E-state index < -0.39 is 6.10 Å². The summed E-state index contributed by atoms with van der Waals surface area (Å²) >= 11 is 0. The summed E-state index contributed by atoms with van der Waals surface area (Å²) in [6, 6.07) is 6.20. The summed E-state index contributed by atoms with van der Waals surface area (Å²) in [5, 5.41) is 10.7. The van der Waals surface area contributed by atoms with Crippen molar-refractivity contribution in [3.05, 3.63) is 29.3 Å². The Morgan fingerprint density at radius 3 is 2.48 bits per heavy atom. The molecule has 130 valence electrons. The number of likely N-dealkylation sites (tertiary alicyclic amines) is 1. The van der Waals surface area contributed by atoms with Crippen LogP contribution < -0.4 is 4.74 Å². The summed E-state index contributed by atoms with van der Waals surface area (Å²) in [5.74, 6) is 1.64. The standard InChI is InChI=1S/C20H33NO2/c1-15-8-11-21(12-9-15)13-10-18(22)17-14-16(20(2,3)4)6-7-19(17)23-5/h6-7,14-15,18,22H,8-13H2,1-5H3. The van der Waals surface area contributed by atoms with Gasteiger partial charge in [0, 0.05) is 12.1 Å². The zero-order valence-corrected chi connectivity index (χ0v) is 15.4. The first-order valence-corrected chi connectivity index (χ1v) is 8.90. The largest absolute Gasteiger partial charge is 0.496 e. The molecule has 1 atom stereocenters. The van der Waals surface area contributed by atoms with Crippen LogP contribution in [0.1, 0.15) is 64.2 Å². The van der Waals surface area contributed by atoms with Crippen molar-refractivity contribution in [1.29, 1.82) is 0 Å². The van der Waals surface area contributed by atoms with Crippen molar-refractivity contribution in [3.8, 4) is 5.75 Å². The second kappa shape index (κ2) is 7.67. The van der Waals surface area contributed by atoms with Gasteiger partial charge in [-0.2, -0.15) is 0 Å². The molecule has 0 aromatic heterocycles. The highest BCUT2D eigenvalue weighted by atomic mass is 16.5. The summed E-state index contributed by atoms with van der Waals surface area (Å²) < 4.78 is 5.47. The van der Waals surface area contributed by atoms with Crippen LogP contribution in [-0.4, -0.2) is 36.8 Å². The zero-order valence-electron chi connectivity index (χ0n) is 15.4. The van der Waals surface area contributed by atoms with E-state index >= 15 is 0 Å². The van der Waals surface area contributed by atoms with E-state index in [0.29, 0.717) is 0 Å². The summed E-state index contributed by atoms with van der Waals surface area (Å²) in [6.45, 7) is 12.2. The fourth-order valence-electron chi connectivity index (χ4n) is 3.21. The van der Waals surface area contributed by atoms with Crippen LogP contribution in [0, 0.1) is 5.92 Å². The van der Waals surface area contributed by atoms with Gasteiger partial charge in [-0.3, -0.25) is 0 Å². The highest BCUT2D eigenvalue weighted by Crippen LogP contribution is 2.33. The van der Waals surface area contributed by atoms with Crippen LogP contribution in [0.25, 0.3) is 0 Å². The van der Waals surface area contributed by atoms with Gasteiger partial charge in [-0.25, -0.2) is 0 Å². The Morgan fingerprint density at radius 2 is 1.91 bits per heavy atom. The Balaban J connectivity index is 2.04. The van der Waals surface area contributed by atoms with Gasteiger partial charge in [0.2, 0.25) is 0 Å². The molecular weight excluding hydrogens is 286 g/mol. The molecule has 1 heterocycles. The lowest BCUT2D eigenvalue weighted by molar-refractivity contribution is 0.123. The lowest BCUT2D eigenvalue weighted by Crippen LogP contribution is -2.34. The van der Waals surface area contributed by atoms with Crippen molar-refractivity contribution in [1.82, 2.24) is 4.90 Å². The molecule has 1 aromatic rings. The normalized spacial score (nSPS) is 18.9. The Labute approximate surface area is 141 Å². The minimum atomic E-state index is -0.466. The molecule has 0 saturated carbocycles. The topological polar surface area (TPSA) is 32.7 Å². The predicted octanol–water partition coefficient (Wildman–Crippen LogP) is 4.15. The molecule has 0 amide bonds. The average Bonchev–Trinajstić information content (AvgIpc) is 2.52. The van der Waals surface area contributed by atoms with Gasteiger partial charge in [-0.1, -0.05) is 33.8 Å². The van der Waals surface area contributed by atoms with Gasteiger partial charge in [-0.05, 0) is 61.4 Å². The fourth-order valence-corrected chi connectivity index (χ4v) is 3.21. The first-order valence-electron chi connectivity index (χ1n) is 8.90. The van der Waals surface area contributed by atoms with Crippen molar-refractivity contribution in [2.24, 2.45) is 5.92 Å². The second-order valence-electron chi connectivity index (χ2n) is 8.04. The third-order valence-electron chi connectivity index (χ3n) is 5.05. The lowest BCUT2D eigenvalue weighted by atomic mass is 9.85. The van der Waals surface area contributed by atoms with E-state index in [1.165, 1.54) is 18.4 Å². The zero-order chi connectivity index (χ0) is 17.0. The van der Waals surface area contributed by atoms with Gasteiger partial charge in [0.1, 0.15) is 5.75 Å². The SMILES string of the molecule is COc1ccc(C(C)(C)C)cc1C(O)CCN1CCC(C)CC1. The fraction of sp³-hybridized carbons (Fsp3) is 0.700. The van der Waals surface area contributed by atoms with Gasteiger partial charge in [-0.15, -0.1) is 0 Å². The Kier molecular flexibility index (Phi) is 6.10. The molecule has 3 nitrogen and oxygen atoms in total. The molecule has 23 heavy (non-hydrogen) atoms. The molecule has 1 N–H and O–H groups in total. The average molecular weight is 319 g/mol. The third kappa shape index (κ3) is 4.95. The van der Waals surface area contributed by atoms with Crippen molar-refractivity contribution >= 4 is 0 Å². The number of hydrogen-bond acceptors (Lipinski definition) is 3. The minimum absolute atomic E-state index is 0.0732. The van der Waals surface area contributed by atoms with Crippen LogP contribution in [0.4, 0.5) is 0 Å². The third-order valence-corrected chi connectivity index (χ3v) is 5.05. The monoisotopic (exact) mass is 319 g/mol. The molecule has 0 bridgehead atoms.